The zero-order valence-electron chi connectivity index (χ0n) is 30.6. The van der Waals surface area contributed by atoms with E-state index in [1.54, 1.807) is 0 Å². The molecule has 0 N–H and O–H groups in total. The van der Waals surface area contributed by atoms with E-state index in [0.717, 1.165) is 87.9 Å². The highest BCUT2D eigenvalue weighted by Crippen LogP contribution is 2.57. The van der Waals surface area contributed by atoms with Crippen molar-refractivity contribution in [3.63, 3.8) is 0 Å². The number of hydrogen-bond acceptors (Lipinski definition) is 1. The molecule has 1 nitrogen and oxygen atoms in total. The molecule has 9 rings (SSSR count). The van der Waals surface area contributed by atoms with Crippen molar-refractivity contribution in [2.75, 3.05) is 0 Å². The Kier molecular flexibility index (Phi) is 9.16. The average molecular weight is 723 g/mol. The van der Waals surface area contributed by atoms with Crippen LogP contribution >= 0.6 is 7.14 Å². The Labute approximate surface area is 323 Å². The molecule has 0 aliphatic carbocycles. The highest BCUT2D eigenvalue weighted by molar-refractivity contribution is 7.85. The molecule has 0 saturated heterocycles. The lowest BCUT2D eigenvalue weighted by atomic mass is 9.77. The minimum Gasteiger partial charge on any atom is -0.309 e. The van der Waals surface area contributed by atoms with Crippen molar-refractivity contribution in [2.24, 2.45) is 0 Å². The van der Waals surface area contributed by atoms with E-state index in [4.69, 9.17) is 0 Å². The van der Waals surface area contributed by atoms with E-state index in [1.165, 1.54) is 0 Å². The number of hydrogen-bond donors (Lipinski definition) is 0. The zero-order valence-corrected chi connectivity index (χ0v) is 31.5. The zero-order chi connectivity index (χ0) is 37.2. The Morgan fingerprint density at radius 2 is 0.655 bits per heavy atom. The summed E-state index contributed by atoms with van der Waals surface area (Å²) in [6, 6.07) is 76.2. The van der Waals surface area contributed by atoms with Gasteiger partial charge < -0.3 is 4.57 Å². The van der Waals surface area contributed by atoms with Gasteiger partial charge in [0.1, 0.15) is 0 Å². The lowest BCUT2D eigenvalue weighted by Gasteiger charge is -2.33. The van der Waals surface area contributed by atoms with Crippen LogP contribution < -0.4 is 15.9 Å². The van der Waals surface area contributed by atoms with Crippen LogP contribution in [0.1, 0.15) is 5.56 Å². The van der Waals surface area contributed by atoms with Gasteiger partial charge in [0.15, 0.2) is 7.14 Å². The van der Waals surface area contributed by atoms with Gasteiger partial charge in [-0.05, 0) is 67.8 Å². The van der Waals surface area contributed by atoms with Crippen LogP contribution in [0.25, 0.3) is 66.4 Å². The molecule has 0 aliphatic rings. The molecule has 9 aromatic carbocycles. The van der Waals surface area contributed by atoms with E-state index < -0.39 is 7.14 Å². The molecule has 0 fully saturated rings. The van der Waals surface area contributed by atoms with Crippen molar-refractivity contribution in [1.29, 1.82) is 0 Å². The quantitative estimate of drug-likeness (QED) is 0.143. The second-order valence-corrected chi connectivity index (χ2v) is 16.6. The minimum absolute atomic E-state index is 0.794. The van der Waals surface area contributed by atoms with E-state index in [1.807, 2.05) is 36.4 Å². The fraction of sp³-hybridized carbons (Fsp3) is 0.0189. The molecular weight excluding hydrogens is 684 g/mol. The summed E-state index contributed by atoms with van der Waals surface area (Å²) >= 11 is 0. The standard InChI is InChI=1S/C53H39OP/c1-38-36-37-39-22-20-21-35-46(39)47(38)52-50(42-27-12-4-13-28-42)48(40-23-8-2-9-24-40)49(41-25-10-3-11-26-41)51(43-29-14-5-15-30-43)53(52)55(54,44-31-16-6-17-32-44)45-33-18-7-19-34-45/h2-37H,1H3. The van der Waals surface area contributed by atoms with E-state index in [0.29, 0.717) is 0 Å². The SMILES string of the molecule is Cc1ccc2ccccc2c1-c1c(-c2ccccc2)c(-c2ccccc2)c(-c2ccccc2)c(-c2ccccc2)c1P(=O)(c1ccccc1)c1ccccc1. The summed E-state index contributed by atoms with van der Waals surface area (Å²) in [6.07, 6.45) is 0. The predicted molar refractivity (Wildman–Crippen MR) is 235 cm³/mol. The van der Waals surface area contributed by atoms with Gasteiger partial charge >= 0.3 is 0 Å². The third kappa shape index (κ3) is 6.04. The topological polar surface area (TPSA) is 17.1 Å². The molecule has 0 spiro atoms. The van der Waals surface area contributed by atoms with Crippen molar-refractivity contribution < 1.29 is 4.57 Å². The van der Waals surface area contributed by atoms with Gasteiger partial charge in [-0.2, -0.15) is 0 Å². The van der Waals surface area contributed by atoms with Gasteiger partial charge in [0.05, 0.1) is 0 Å². The fourth-order valence-electron chi connectivity index (χ4n) is 8.26. The maximum absolute atomic E-state index is 17.5. The highest BCUT2D eigenvalue weighted by atomic mass is 31.2. The van der Waals surface area contributed by atoms with Gasteiger partial charge in [0.25, 0.3) is 0 Å². The second-order valence-electron chi connectivity index (χ2n) is 13.9. The summed E-state index contributed by atoms with van der Waals surface area (Å²) in [7, 11) is -3.69. The summed E-state index contributed by atoms with van der Waals surface area (Å²) in [5, 5.41) is 4.69. The summed E-state index contributed by atoms with van der Waals surface area (Å²) in [5.41, 5.74) is 11.6. The maximum Gasteiger partial charge on any atom is 0.172 e. The highest BCUT2D eigenvalue weighted by Gasteiger charge is 2.40. The number of aryl methyl sites for hydroxylation is 1. The Balaban J connectivity index is 1.68. The van der Waals surface area contributed by atoms with Crippen LogP contribution in [0.3, 0.4) is 0 Å². The summed E-state index contributed by atoms with van der Waals surface area (Å²) in [6.45, 7) is 2.20. The molecular formula is C53H39OP. The minimum atomic E-state index is -3.69. The maximum atomic E-state index is 17.5. The third-order valence-electron chi connectivity index (χ3n) is 10.7. The molecule has 0 amide bonds. The molecule has 55 heavy (non-hydrogen) atoms. The van der Waals surface area contributed by atoms with Crippen molar-refractivity contribution in [3.05, 3.63) is 224 Å². The van der Waals surface area contributed by atoms with Crippen LogP contribution in [-0.2, 0) is 4.57 Å². The predicted octanol–water partition coefficient (Wildman–Crippen LogP) is 13.1. The molecule has 0 heterocycles. The lowest BCUT2D eigenvalue weighted by molar-refractivity contribution is 0.592. The first-order valence-corrected chi connectivity index (χ1v) is 20.5. The van der Waals surface area contributed by atoms with Crippen LogP contribution in [0.5, 0.6) is 0 Å². The van der Waals surface area contributed by atoms with Crippen LogP contribution in [0.2, 0.25) is 0 Å². The average Bonchev–Trinajstić information content (AvgIpc) is 3.27. The van der Waals surface area contributed by atoms with Crippen molar-refractivity contribution in [3.8, 4) is 55.6 Å². The first-order chi connectivity index (χ1) is 27.1. The first kappa shape index (κ1) is 34.3. The molecule has 0 atom stereocenters. The van der Waals surface area contributed by atoms with E-state index >= 15 is 4.57 Å². The van der Waals surface area contributed by atoms with E-state index in [-0.39, 0.29) is 0 Å². The molecule has 0 unspecified atom stereocenters. The molecule has 9 aromatic rings. The van der Waals surface area contributed by atoms with Gasteiger partial charge in [0, 0.05) is 27.0 Å². The van der Waals surface area contributed by atoms with Crippen LogP contribution in [0.15, 0.2) is 218 Å². The molecule has 0 aliphatic heterocycles. The number of rotatable bonds is 8. The molecule has 2 heteroatoms. The van der Waals surface area contributed by atoms with Gasteiger partial charge in [-0.25, -0.2) is 0 Å². The van der Waals surface area contributed by atoms with Gasteiger partial charge in [-0.15, -0.1) is 0 Å². The van der Waals surface area contributed by atoms with Gasteiger partial charge in [-0.3, -0.25) is 0 Å². The molecule has 0 radical (unpaired) electrons. The van der Waals surface area contributed by atoms with Crippen molar-refractivity contribution in [2.45, 2.75) is 6.92 Å². The van der Waals surface area contributed by atoms with Gasteiger partial charge in [-0.1, -0.05) is 218 Å². The Hall–Kier alpha value is -6.53. The molecule has 0 bridgehead atoms. The Morgan fingerprint density at radius 3 is 1.11 bits per heavy atom. The van der Waals surface area contributed by atoms with Crippen LogP contribution in [-0.4, -0.2) is 0 Å². The molecule has 262 valence electrons. The number of fused-ring (bicyclic) bond motifs is 1. The van der Waals surface area contributed by atoms with E-state index in [2.05, 4.69) is 189 Å². The van der Waals surface area contributed by atoms with E-state index in [9.17, 15) is 0 Å². The summed E-state index contributed by atoms with van der Waals surface area (Å²) in [4.78, 5) is 0. The normalized spacial score (nSPS) is 11.4. The van der Waals surface area contributed by atoms with Crippen molar-refractivity contribution >= 4 is 33.8 Å². The lowest BCUT2D eigenvalue weighted by Crippen LogP contribution is -2.29. The molecule has 0 aromatic heterocycles. The summed E-state index contributed by atoms with van der Waals surface area (Å²) < 4.78 is 17.5. The van der Waals surface area contributed by atoms with Crippen LogP contribution in [0.4, 0.5) is 0 Å². The number of benzene rings is 9. The first-order valence-electron chi connectivity index (χ1n) is 18.8. The molecule has 0 saturated carbocycles. The van der Waals surface area contributed by atoms with Crippen LogP contribution in [0, 0.1) is 6.92 Å². The van der Waals surface area contributed by atoms with Crippen molar-refractivity contribution in [1.82, 2.24) is 0 Å². The Morgan fingerprint density at radius 1 is 0.309 bits per heavy atom. The fourth-order valence-corrected chi connectivity index (χ4v) is 11.3. The van der Waals surface area contributed by atoms with Gasteiger partial charge in [0.2, 0.25) is 0 Å². The monoisotopic (exact) mass is 722 g/mol. The summed E-state index contributed by atoms with van der Waals surface area (Å²) in [5.74, 6) is 0. The third-order valence-corrected chi connectivity index (χ3v) is 13.8. The largest absolute Gasteiger partial charge is 0.309 e. The smallest absolute Gasteiger partial charge is 0.172 e. The second kappa shape index (κ2) is 14.7. The Bertz CT molecular complexity index is 2750.